The molecule has 0 atom stereocenters. The van der Waals surface area contributed by atoms with Crippen molar-refractivity contribution in [1.29, 1.82) is 0 Å². The second-order valence-electron chi connectivity index (χ2n) is 6.44. The van der Waals surface area contributed by atoms with Gasteiger partial charge in [-0.2, -0.15) is 0 Å². The zero-order valence-corrected chi connectivity index (χ0v) is 14.7. The maximum absolute atomic E-state index is 12.3. The van der Waals surface area contributed by atoms with Gasteiger partial charge in [0.25, 0.3) is 0 Å². The van der Waals surface area contributed by atoms with Crippen LogP contribution in [0.4, 0.5) is 5.69 Å². The Morgan fingerprint density at radius 3 is 2.19 bits per heavy atom. The van der Waals surface area contributed by atoms with E-state index in [9.17, 15) is 9.59 Å². The van der Waals surface area contributed by atoms with Crippen molar-refractivity contribution in [2.45, 2.75) is 6.54 Å². The van der Waals surface area contributed by atoms with Gasteiger partial charge in [-0.25, -0.2) is 0 Å². The maximum atomic E-state index is 12.3. The normalized spacial score (nSPS) is 14.8. The molecule has 0 saturated carbocycles. The highest BCUT2D eigenvalue weighted by molar-refractivity contribution is 5.92. The van der Waals surface area contributed by atoms with E-state index in [2.05, 4.69) is 10.2 Å². The first-order valence-corrected chi connectivity index (χ1v) is 8.79. The highest BCUT2D eigenvalue weighted by Crippen LogP contribution is 2.11. The number of piperazine rings is 1. The van der Waals surface area contributed by atoms with Crippen LogP contribution in [-0.2, 0) is 11.3 Å². The molecule has 3 rings (SSSR count). The Balaban J connectivity index is 1.43. The van der Waals surface area contributed by atoms with E-state index in [-0.39, 0.29) is 5.91 Å². The average molecular weight is 352 g/mol. The number of nitrogens with zero attached hydrogens (tertiary/aromatic N) is 2. The van der Waals surface area contributed by atoms with E-state index in [4.69, 9.17) is 5.73 Å². The van der Waals surface area contributed by atoms with E-state index in [1.165, 1.54) is 0 Å². The standard InChI is InChI=1S/C20H24N4O2/c21-20(26)17-8-6-16(7-9-17)15-23-10-12-24(13-11-23)19(25)14-22-18-4-2-1-3-5-18/h1-9,22H,10-15H2,(H2,21,26). The topological polar surface area (TPSA) is 78.7 Å². The zero-order chi connectivity index (χ0) is 18.4. The first-order valence-electron chi connectivity index (χ1n) is 8.79. The third-order valence-corrected chi connectivity index (χ3v) is 4.59. The van der Waals surface area contributed by atoms with Gasteiger partial charge in [0.1, 0.15) is 0 Å². The minimum atomic E-state index is -0.409. The van der Waals surface area contributed by atoms with Gasteiger partial charge in [0.05, 0.1) is 6.54 Å². The summed E-state index contributed by atoms with van der Waals surface area (Å²) in [6.07, 6.45) is 0. The van der Waals surface area contributed by atoms with Crippen molar-refractivity contribution in [2.24, 2.45) is 5.73 Å². The van der Waals surface area contributed by atoms with E-state index in [0.717, 1.165) is 44.0 Å². The summed E-state index contributed by atoms with van der Waals surface area (Å²) >= 11 is 0. The van der Waals surface area contributed by atoms with Crippen LogP contribution in [0.15, 0.2) is 54.6 Å². The summed E-state index contributed by atoms with van der Waals surface area (Å²) in [7, 11) is 0. The van der Waals surface area contributed by atoms with Crippen LogP contribution in [0.25, 0.3) is 0 Å². The number of benzene rings is 2. The van der Waals surface area contributed by atoms with Gasteiger partial charge in [0.2, 0.25) is 11.8 Å². The third-order valence-electron chi connectivity index (χ3n) is 4.59. The molecule has 1 aliphatic rings. The van der Waals surface area contributed by atoms with E-state index in [1.54, 1.807) is 12.1 Å². The first-order chi connectivity index (χ1) is 12.6. The number of para-hydroxylation sites is 1. The fourth-order valence-corrected chi connectivity index (χ4v) is 3.03. The van der Waals surface area contributed by atoms with Crippen molar-refractivity contribution < 1.29 is 9.59 Å². The van der Waals surface area contributed by atoms with E-state index >= 15 is 0 Å². The van der Waals surface area contributed by atoms with Crippen LogP contribution < -0.4 is 11.1 Å². The van der Waals surface area contributed by atoms with Crippen LogP contribution in [0.2, 0.25) is 0 Å². The number of carbonyl (C=O) groups excluding carboxylic acids is 2. The third kappa shape index (κ3) is 4.83. The molecule has 2 aromatic rings. The smallest absolute Gasteiger partial charge is 0.248 e. The largest absolute Gasteiger partial charge is 0.376 e. The number of hydrogen-bond acceptors (Lipinski definition) is 4. The molecule has 136 valence electrons. The Kier molecular flexibility index (Phi) is 5.86. The molecule has 0 unspecified atom stereocenters. The number of anilines is 1. The van der Waals surface area contributed by atoms with Crippen LogP contribution in [0.5, 0.6) is 0 Å². The predicted molar refractivity (Wildman–Crippen MR) is 102 cm³/mol. The highest BCUT2D eigenvalue weighted by Gasteiger charge is 2.20. The fourth-order valence-electron chi connectivity index (χ4n) is 3.03. The van der Waals surface area contributed by atoms with Crippen LogP contribution in [0, 0.1) is 0 Å². The van der Waals surface area contributed by atoms with Gasteiger partial charge in [-0.1, -0.05) is 30.3 Å². The zero-order valence-electron chi connectivity index (χ0n) is 14.7. The number of nitrogens with one attached hydrogen (secondary N) is 1. The molecule has 1 heterocycles. The summed E-state index contributed by atoms with van der Waals surface area (Å²) in [4.78, 5) is 27.7. The lowest BCUT2D eigenvalue weighted by molar-refractivity contribution is -0.131. The van der Waals surface area contributed by atoms with Crippen molar-refractivity contribution in [3.8, 4) is 0 Å². The van der Waals surface area contributed by atoms with Crippen molar-refractivity contribution >= 4 is 17.5 Å². The average Bonchev–Trinajstić information content (AvgIpc) is 2.68. The monoisotopic (exact) mass is 352 g/mol. The molecule has 0 aliphatic carbocycles. The second kappa shape index (κ2) is 8.49. The van der Waals surface area contributed by atoms with Crippen LogP contribution in [0.3, 0.4) is 0 Å². The first kappa shape index (κ1) is 17.9. The lowest BCUT2D eigenvalue weighted by Gasteiger charge is -2.35. The maximum Gasteiger partial charge on any atom is 0.248 e. The van der Waals surface area contributed by atoms with Crippen LogP contribution >= 0.6 is 0 Å². The Morgan fingerprint density at radius 1 is 0.923 bits per heavy atom. The summed E-state index contributed by atoms with van der Waals surface area (Å²) in [5, 5.41) is 3.16. The van der Waals surface area contributed by atoms with Crippen molar-refractivity contribution in [3.05, 3.63) is 65.7 Å². The Labute approximate surface area is 153 Å². The van der Waals surface area contributed by atoms with Crippen LogP contribution in [0.1, 0.15) is 15.9 Å². The number of rotatable bonds is 6. The molecule has 2 amide bonds. The second-order valence-corrected chi connectivity index (χ2v) is 6.44. The lowest BCUT2D eigenvalue weighted by atomic mass is 10.1. The molecule has 0 spiro atoms. The summed E-state index contributed by atoms with van der Waals surface area (Å²) in [5.74, 6) is -0.285. The van der Waals surface area contributed by atoms with Gasteiger partial charge >= 0.3 is 0 Å². The van der Waals surface area contributed by atoms with Crippen LogP contribution in [-0.4, -0.2) is 54.3 Å². The van der Waals surface area contributed by atoms with E-state index in [1.807, 2.05) is 47.4 Å². The molecule has 0 radical (unpaired) electrons. The van der Waals surface area contributed by atoms with Gasteiger partial charge in [-0.3, -0.25) is 14.5 Å². The van der Waals surface area contributed by atoms with Gasteiger partial charge in [-0.05, 0) is 29.8 Å². The molecule has 0 aromatic heterocycles. The molecule has 3 N–H and O–H groups in total. The predicted octanol–water partition coefficient (Wildman–Crippen LogP) is 1.54. The summed E-state index contributed by atoms with van der Waals surface area (Å²) in [6, 6.07) is 17.1. The number of hydrogen-bond donors (Lipinski definition) is 2. The Hall–Kier alpha value is -2.86. The molecule has 1 fully saturated rings. The molecule has 1 saturated heterocycles. The summed E-state index contributed by atoms with van der Waals surface area (Å²) in [6.45, 7) is 4.27. The molecular formula is C20H24N4O2. The molecule has 0 bridgehead atoms. The van der Waals surface area contributed by atoms with Crippen molar-refractivity contribution in [1.82, 2.24) is 9.80 Å². The minimum Gasteiger partial charge on any atom is -0.376 e. The number of nitrogens with two attached hydrogens (primary N) is 1. The van der Waals surface area contributed by atoms with E-state index < -0.39 is 5.91 Å². The van der Waals surface area contributed by atoms with Gasteiger partial charge in [-0.15, -0.1) is 0 Å². The molecule has 6 nitrogen and oxygen atoms in total. The van der Waals surface area contributed by atoms with Gasteiger partial charge < -0.3 is 16.0 Å². The van der Waals surface area contributed by atoms with Gasteiger partial charge in [0.15, 0.2) is 0 Å². The molecule has 2 aromatic carbocycles. The Morgan fingerprint density at radius 2 is 1.58 bits per heavy atom. The number of primary amides is 1. The number of carbonyl (C=O) groups is 2. The molecule has 1 aliphatic heterocycles. The van der Waals surface area contributed by atoms with Crippen molar-refractivity contribution in [3.63, 3.8) is 0 Å². The van der Waals surface area contributed by atoms with Crippen molar-refractivity contribution in [2.75, 3.05) is 38.0 Å². The quantitative estimate of drug-likeness (QED) is 0.827. The Bertz CT molecular complexity index is 738. The van der Waals surface area contributed by atoms with E-state index in [0.29, 0.717) is 12.1 Å². The molecule has 26 heavy (non-hydrogen) atoms. The summed E-state index contributed by atoms with van der Waals surface area (Å²) in [5.41, 5.74) is 7.88. The highest BCUT2D eigenvalue weighted by atomic mass is 16.2. The lowest BCUT2D eigenvalue weighted by Crippen LogP contribution is -2.49. The SMILES string of the molecule is NC(=O)c1ccc(CN2CCN(C(=O)CNc3ccccc3)CC2)cc1. The van der Waals surface area contributed by atoms with Gasteiger partial charge in [0, 0.05) is 44.0 Å². The molecule has 6 heteroatoms. The number of amides is 2. The fraction of sp³-hybridized carbons (Fsp3) is 0.300. The summed E-state index contributed by atoms with van der Waals surface area (Å²) < 4.78 is 0. The molecular weight excluding hydrogens is 328 g/mol. The minimum absolute atomic E-state index is 0.124.